The minimum atomic E-state index is -4.67. The van der Waals surface area contributed by atoms with Gasteiger partial charge >= 0.3 is 6.36 Å². The fourth-order valence-corrected chi connectivity index (χ4v) is 1.72. The number of benzene rings is 1. The number of halogens is 3. The van der Waals surface area contributed by atoms with Crippen LogP contribution in [0.5, 0.6) is 5.75 Å². The molecule has 102 valence electrons. The Morgan fingerprint density at radius 1 is 1.22 bits per heavy atom. The summed E-state index contributed by atoms with van der Waals surface area (Å²) in [5.74, 6) is -0.232. The summed E-state index contributed by atoms with van der Waals surface area (Å²) in [6.07, 6.45) is -3.99. The molecule has 0 aromatic heterocycles. The standard InChI is InChI=1S/C13H18F3NO/c1-12(2,3)8-11(17)9-5-4-6-10(7-9)18-13(14,15)16/h4-7,11H,8,17H2,1-3H3. The van der Waals surface area contributed by atoms with Crippen LogP contribution in [-0.2, 0) is 0 Å². The summed E-state index contributed by atoms with van der Waals surface area (Å²) in [6.45, 7) is 6.09. The molecule has 0 aliphatic rings. The number of ether oxygens (including phenoxy) is 1. The molecule has 18 heavy (non-hydrogen) atoms. The van der Waals surface area contributed by atoms with E-state index in [2.05, 4.69) is 4.74 Å². The van der Waals surface area contributed by atoms with Gasteiger partial charge in [-0.2, -0.15) is 0 Å². The maximum Gasteiger partial charge on any atom is 0.573 e. The third-order valence-electron chi connectivity index (χ3n) is 2.35. The van der Waals surface area contributed by atoms with Gasteiger partial charge in [-0.15, -0.1) is 13.2 Å². The Morgan fingerprint density at radius 2 is 1.83 bits per heavy atom. The molecule has 0 heterocycles. The van der Waals surface area contributed by atoms with Gasteiger partial charge < -0.3 is 10.5 Å². The zero-order chi connectivity index (χ0) is 14.0. The Hall–Kier alpha value is -1.23. The minimum absolute atomic E-state index is 0.0142. The van der Waals surface area contributed by atoms with Crippen molar-refractivity contribution in [3.05, 3.63) is 29.8 Å². The molecule has 0 spiro atoms. The third kappa shape index (κ3) is 5.40. The molecule has 1 aromatic rings. The van der Waals surface area contributed by atoms with Gasteiger partial charge in [-0.3, -0.25) is 0 Å². The van der Waals surface area contributed by atoms with Crippen LogP contribution in [0.1, 0.15) is 38.8 Å². The Morgan fingerprint density at radius 3 is 2.33 bits per heavy atom. The highest BCUT2D eigenvalue weighted by atomic mass is 19.4. The zero-order valence-corrected chi connectivity index (χ0v) is 10.7. The van der Waals surface area contributed by atoms with Crippen LogP contribution in [-0.4, -0.2) is 6.36 Å². The van der Waals surface area contributed by atoms with Crippen molar-refractivity contribution in [2.45, 2.75) is 39.6 Å². The molecule has 0 radical (unpaired) electrons. The number of hydrogen-bond donors (Lipinski definition) is 1. The van der Waals surface area contributed by atoms with Crippen molar-refractivity contribution in [2.24, 2.45) is 11.1 Å². The molecule has 0 saturated heterocycles. The molecule has 1 aromatic carbocycles. The first-order valence-electron chi connectivity index (χ1n) is 5.68. The molecule has 0 aliphatic heterocycles. The van der Waals surface area contributed by atoms with E-state index in [4.69, 9.17) is 5.73 Å². The molecule has 0 fully saturated rings. The fourth-order valence-electron chi connectivity index (χ4n) is 1.72. The summed E-state index contributed by atoms with van der Waals surface area (Å²) in [5, 5.41) is 0. The van der Waals surface area contributed by atoms with Crippen LogP contribution in [0.25, 0.3) is 0 Å². The van der Waals surface area contributed by atoms with Crippen LogP contribution < -0.4 is 10.5 Å². The second-order valence-electron chi connectivity index (χ2n) is 5.49. The first kappa shape index (κ1) is 14.8. The summed E-state index contributed by atoms with van der Waals surface area (Å²) >= 11 is 0. The van der Waals surface area contributed by atoms with Gasteiger partial charge in [0.25, 0.3) is 0 Å². The molecule has 0 amide bonds. The van der Waals surface area contributed by atoms with E-state index in [-0.39, 0.29) is 17.2 Å². The van der Waals surface area contributed by atoms with E-state index in [1.807, 2.05) is 20.8 Å². The van der Waals surface area contributed by atoms with Crippen LogP contribution in [0.15, 0.2) is 24.3 Å². The van der Waals surface area contributed by atoms with Crippen LogP contribution >= 0.6 is 0 Å². The fraction of sp³-hybridized carbons (Fsp3) is 0.538. The summed E-state index contributed by atoms with van der Waals surface area (Å²) in [6, 6.07) is 5.52. The van der Waals surface area contributed by atoms with Crippen LogP contribution in [0.4, 0.5) is 13.2 Å². The van der Waals surface area contributed by atoms with Gasteiger partial charge in [0.1, 0.15) is 5.75 Å². The molecule has 0 bridgehead atoms. The van der Waals surface area contributed by atoms with Gasteiger partial charge in [0, 0.05) is 6.04 Å². The Balaban J connectivity index is 2.82. The molecule has 5 heteroatoms. The van der Waals surface area contributed by atoms with Crippen molar-refractivity contribution in [3.8, 4) is 5.75 Å². The maximum atomic E-state index is 12.1. The topological polar surface area (TPSA) is 35.2 Å². The number of hydrogen-bond acceptors (Lipinski definition) is 2. The second kappa shape index (κ2) is 5.18. The average Bonchev–Trinajstić information content (AvgIpc) is 2.12. The van der Waals surface area contributed by atoms with E-state index in [1.165, 1.54) is 18.2 Å². The summed E-state index contributed by atoms with van der Waals surface area (Å²) in [4.78, 5) is 0. The quantitative estimate of drug-likeness (QED) is 0.891. The van der Waals surface area contributed by atoms with E-state index in [0.717, 1.165) is 0 Å². The normalized spacial score (nSPS) is 14.4. The summed E-state index contributed by atoms with van der Waals surface area (Å²) in [7, 11) is 0. The predicted molar refractivity (Wildman–Crippen MR) is 64.1 cm³/mol. The highest BCUT2D eigenvalue weighted by Gasteiger charge is 2.31. The molecule has 0 aliphatic carbocycles. The summed E-state index contributed by atoms with van der Waals surface area (Å²) in [5.41, 5.74) is 6.64. The van der Waals surface area contributed by atoms with Crippen LogP contribution in [0, 0.1) is 5.41 Å². The van der Waals surface area contributed by atoms with Gasteiger partial charge in [-0.25, -0.2) is 0 Å². The lowest BCUT2D eigenvalue weighted by Crippen LogP contribution is -2.20. The molecular formula is C13H18F3NO. The first-order chi connectivity index (χ1) is 8.07. The van der Waals surface area contributed by atoms with E-state index in [0.29, 0.717) is 12.0 Å². The minimum Gasteiger partial charge on any atom is -0.406 e. The Labute approximate surface area is 105 Å². The molecule has 1 rings (SSSR count). The molecule has 1 unspecified atom stereocenters. The van der Waals surface area contributed by atoms with Crippen molar-refractivity contribution in [3.63, 3.8) is 0 Å². The maximum absolute atomic E-state index is 12.1. The smallest absolute Gasteiger partial charge is 0.406 e. The van der Waals surface area contributed by atoms with Gasteiger partial charge in [0.15, 0.2) is 0 Å². The first-order valence-corrected chi connectivity index (χ1v) is 5.68. The monoisotopic (exact) mass is 261 g/mol. The molecular weight excluding hydrogens is 243 g/mol. The van der Waals surface area contributed by atoms with Gasteiger partial charge in [-0.1, -0.05) is 32.9 Å². The molecule has 2 nitrogen and oxygen atoms in total. The lowest BCUT2D eigenvalue weighted by molar-refractivity contribution is -0.274. The van der Waals surface area contributed by atoms with E-state index in [9.17, 15) is 13.2 Å². The van der Waals surface area contributed by atoms with Crippen molar-refractivity contribution in [1.29, 1.82) is 0 Å². The molecule has 2 N–H and O–H groups in total. The van der Waals surface area contributed by atoms with Gasteiger partial charge in [-0.05, 0) is 29.5 Å². The van der Waals surface area contributed by atoms with Gasteiger partial charge in [0.2, 0.25) is 0 Å². The van der Waals surface area contributed by atoms with Crippen molar-refractivity contribution < 1.29 is 17.9 Å². The van der Waals surface area contributed by atoms with Crippen LogP contribution in [0.3, 0.4) is 0 Å². The third-order valence-corrected chi connectivity index (χ3v) is 2.35. The van der Waals surface area contributed by atoms with Crippen molar-refractivity contribution >= 4 is 0 Å². The van der Waals surface area contributed by atoms with E-state index in [1.54, 1.807) is 6.07 Å². The number of rotatable bonds is 3. The average molecular weight is 261 g/mol. The van der Waals surface area contributed by atoms with Crippen LogP contribution in [0.2, 0.25) is 0 Å². The van der Waals surface area contributed by atoms with Gasteiger partial charge in [0.05, 0.1) is 0 Å². The van der Waals surface area contributed by atoms with Crippen molar-refractivity contribution in [2.75, 3.05) is 0 Å². The molecule has 0 saturated carbocycles. The number of alkyl halides is 3. The largest absolute Gasteiger partial charge is 0.573 e. The number of nitrogens with two attached hydrogens (primary N) is 1. The van der Waals surface area contributed by atoms with E-state index >= 15 is 0 Å². The van der Waals surface area contributed by atoms with Crippen molar-refractivity contribution in [1.82, 2.24) is 0 Å². The lowest BCUT2D eigenvalue weighted by Gasteiger charge is -2.23. The van der Waals surface area contributed by atoms with E-state index < -0.39 is 6.36 Å². The highest BCUT2D eigenvalue weighted by Crippen LogP contribution is 2.30. The predicted octanol–water partition coefficient (Wildman–Crippen LogP) is 4.02. The lowest BCUT2D eigenvalue weighted by atomic mass is 9.86. The summed E-state index contributed by atoms with van der Waals surface area (Å²) < 4.78 is 40.1. The molecule has 1 atom stereocenters. The second-order valence-corrected chi connectivity index (χ2v) is 5.49. The zero-order valence-electron chi connectivity index (χ0n) is 10.7. The highest BCUT2D eigenvalue weighted by molar-refractivity contribution is 5.30. The Kier molecular flexibility index (Phi) is 4.27. The Bertz CT molecular complexity index is 396. The SMILES string of the molecule is CC(C)(C)CC(N)c1cccc(OC(F)(F)F)c1.